The van der Waals surface area contributed by atoms with Crippen molar-refractivity contribution in [2.45, 2.75) is 13.8 Å². The Kier molecular flexibility index (Phi) is 4.73. The highest BCUT2D eigenvalue weighted by atomic mass is 79.9. The number of carbonyl (C=O) groups is 1. The number of hydrogen-bond acceptors (Lipinski definition) is 2. The largest absolute Gasteiger partial charge is 0.482 e. The Labute approximate surface area is 129 Å². The fraction of sp³-hybridized carbons (Fsp3) is 0.188. The summed E-state index contributed by atoms with van der Waals surface area (Å²) >= 11 is 3.05. The number of ketones is 1. The first kappa shape index (κ1) is 15.6. The molecule has 0 aliphatic carbocycles. The Balaban J connectivity index is 2.15. The van der Waals surface area contributed by atoms with Gasteiger partial charge in [-0.05, 0) is 31.5 Å². The average molecular weight is 355 g/mol. The number of ether oxygens (including phenoxy) is 1. The minimum Gasteiger partial charge on any atom is -0.482 e. The molecular formula is C16H13BrF2O2. The van der Waals surface area contributed by atoms with Gasteiger partial charge >= 0.3 is 0 Å². The fourth-order valence-electron chi connectivity index (χ4n) is 1.98. The van der Waals surface area contributed by atoms with Crippen LogP contribution in [0.2, 0.25) is 0 Å². The maximum Gasteiger partial charge on any atom is 0.200 e. The zero-order chi connectivity index (χ0) is 15.6. The van der Waals surface area contributed by atoms with Gasteiger partial charge in [-0.2, -0.15) is 4.39 Å². The van der Waals surface area contributed by atoms with Crippen LogP contribution in [0.1, 0.15) is 21.5 Å². The van der Waals surface area contributed by atoms with Crippen molar-refractivity contribution in [2.24, 2.45) is 0 Å². The third-order valence-electron chi connectivity index (χ3n) is 3.00. The molecule has 5 heteroatoms. The molecule has 2 rings (SSSR count). The van der Waals surface area contributed by atoms with Crippen molar-refractivity contribution >= 4 is 21.7 Å². The van der Waals surface area contributed by atoms with Crippen molar-refractivity contribution in [3.63, 3.8) is 0 Å². The van der Waals surface area contributed by atoms with Crippen molar-refractivity contribution in [2.75, 3.05) is 6.61 Å². The van der Waals surface area contributed by atoms with Gasteiger partial charge in [0.1, 0.15) is 0 Å². The Hall–Kier alpha value is -1.75. The molecule has 0 unspecified atom stereocenters. The zero-order valence-corrected chi connectivity index (χ0v) is 13.1. The maximum atomic E-state index is 13.5. The molecule has 21 heavy (non-hydrogen) atoms. The lowest BCUT2D eigenvalue weighted by atomic mass is 10.0. The number of hydrogen-bond donors (Lipinski definition) is 0. The molecule has 110 valence electrons. The summed E-state index contributed by atoms with van der Waals surface area (Å²) in [6, 6.07) is 7.68. The van der Waals surface area contributed by atoms with Crippen LogP contribution in [0.25, 0.3) is 0 Å². The molecule has 2 aromatic rings. The summed E-state index contributed by atoms with van der Waals surface area (Å²) in [6.07, 6.45) is 0. The third kappa shape index (κ3) is 3.67. The number of halogens is 3. The van der Waals surface area contributed by atoms with Gasteiger partial charge < -0.3 is 4.74 Å². The van der Waals surface area contributed by atoms with E-state index in [9.17, 15) is 13.6 Å². The van der Waals surface area contributed by atoms with Crippen LogP contribution in [-0.4, -0.2) is 12.4 Å². The monoisotopic (exact) mass is 354 g/mol. The topological polar surface area (TPSA) is 26.3 Å². The van der Waals surface area contributed by atoms with Crippen LogP contribution in [0.5, 0.6) is 5.75 Å². The fourth-order valence-corrected chi connectivity index (χ4v) is 2.39. The van der Waals surface area contributed by atoms with Crippen molar-refractivity contribution < 1.29 is 18.3 Å². The second-order valence-electron chi connectivity index (χ2n) is 4.73. The van der Waals surface area contributed by atoms with Crippen molar-refractivity contribution in [1.82, 2.24) is 0 Å². The molecule has 0 aliphatic heterocycles. The number of aryl methyl sites for hydroxylation is 2. The first-order valence-corrected chi connectivity index (χ1v) is 7.05. The van der Waals surface area contributed by atoms with Gasteiger partial charge in [0.2, 0.25) is 5.82 Å². The van der Waals surface area contributed by atoms with Crippen LogP contribution in [0, 0.1) is 25.5 Å². The Morgan fingerprint density at radius 3 is 2.57 bits per heavy atom. The molecule has 0 bridgehead atoms. The van der Waals surface area contributed by atoms with Crippen molar-refractivity contribution in [3.8, 4) is 5.75 Å². The van der Waals surface area contributed by atoms with E-state index in [0.29, 0.717) is 10.0 Å². The summed E-state index contributed by atoms with van der Waals surface area (Å²) < 4.78 is 32.2. The first-order chi connectivity index (χ1) is 9.88. The number of Topliss-reactive ketones (excluding diaryl/α,β-unsaturated/α-hetero) is 1. The smallest absolute Gasteiger partial charge is 0.200 e. The SMILES string of the molecule is Cc1ccc(C(=O)COc2cc(Br)cc(F)c2F)c(C)c1. The van der Waals surface area contributed by atoms with E-state index in [1.54, 1.807) is 6.07 Å². The van der Waals surface area contributed by atoms with Crippen LogP contribution in [0.4, 0.5) is 8.78 Å². The quantitative estimate of drug-likeness (QED) is 0.592. The highest BCUT2D eigenvalue weighted by Gasteiger charge is 2.14. The second kappa shape index (κ2) is 6.35. The van der Waals surface area contributed by atoms with E-state index in [4.69, 9.17) is 4.74 Å². The summed E-state index contributed by atoms with van der Waals surface area (Å²) in [6.45, 7) is 3.40. The molecule has 0 heterocycles. The molecule has 2 aromatic carbocycles. The molecule has 2 nitrogen and oxygen atoms in total. The van der Waals surface area contributed by atoms with E-state index in [1.807, 2.05) is 26.0 Å². The predicted molar refractivity (Wildman–Crippen MR) is 79.8 cm³/mol. The summed E-state index contributed by atoms with van der Waals surface area (Å²) in [5.41, 5.74) is 2.38. The van der Waals surface area contributed by atoms with Gasteiger partial charge in [-0.25, -0.2) is 4.39 Å². The van der Waals surface area contributed by atoms with Gasteiger partial charge in [0.15, 0.2) is 24.0 Å². The summed E-state index contributed by atoms with van der Waals surface area (Å²) in [7, 11) is 0. The predicted octanol–water partition coefficient (Wildman–Crippen LogP) is 4.61. The minimum absolute atomic E-state index is 0.285. The number of rotatable bonds is 4. The molecule has 0 aromatic heterocycles. The lowest BCUT2D eigenvalue weighted by Crippen LogP contribution is -2.14. The summed E-state index contributed by atoms with van der Waals surface area (Å²) in [4.78, 5) is 12.1. The molecule has 0 fully saturated rings. The van der Waals surface area contributed by atoms with Crippen LogP contribution < -0.4 is 4.74 Å². The molecule has 0 saturated heterocycles. The van der Waals surface area contributed by atoms with E-state index < -0.39 is 11.6 Å². The zero-order valence-electron chi connectivity index (χ0n) is 11.5. The molecule has 0 radical (unpaired) electrons. The van der Waals surface area contributed by atoms with Crippen molar-refractivity contribution in [1.29, 1.82) is 0 Å². The first-order valence-electron chi connectivity index (χ1n) is 6.26. The molecule has 0 N–H and O–H groups in total. The Morgan fingerprint density at radius 2 is 1.90 bits per heavy atom. The van der Waals surface area contributed by atoms with E-state index in [0.717, 1.165) is 17.2 Å². The molecule has 0 spiro atoms. The average Bonchev–Trinajstić information content (AvgIpc) is 2.40. The molecule has 0 saturated carbocycles. The summed E-state index contributed by atoms with van der Waals surface area (Å²) in [5.74, 6) is -2.71. The second-order valence-corrected chi connectivity index (χ2v) is 5.65. The van der Waals surface area contributed by atoms with Gasteiger partial charge in [0.25, 0.3) is 0 Å². The molecule has 0 aliphatic rings. The number of carbonyl (C=O) groups excluding carboxylic acids is 1. The molecule has 0 amide bonds. The minimum atomic E-state index is -1.10. The Bertz CT molecular complexity index is 699. The molecular weight excluding hydrogens is 342 g/mol. The van der Waals surface area contributed by atoms with E-state index in [-0.39, 0.29) is 18.1 Å². The van der Waals surface area contributed by atoms with Gasteiger partial charge in [-0.3, -0.25) is 4.79 Å². The summed E-state index contributed by atoms with van der Waals surface area (Å²) in [5, 5.41) is 0. The van der Waals surface area contributed by atoms with Gasteiger partial charge in [0, 0.05) is 10.0 Å². The third-order valence-corrected chi connectivity index (χ3v) is 3.46. The number of benzene rings is 2. The maximum absolute atomic E-state index is 13.5. The van der Waals surface area contributed by atoms with Crippen LogP contribution in [0.3, 0.4) is 0 Å². The van der Waals surface area contributed by atoms with Crippen molar-refractivity contribution in [3.05, 3.63) is 63.1 Å². The van der Waals surface area contributed by atoms with Gasteiger partial charge in [-0.1, -0.05) is 39.7 Å². The Morgan fingerprint density at radius 1 is 1.19 bits per heavy atom. The highest BCUT2D eigenvalue weighted by Crippen LogP contribution is 2.25. The van der Waals surface area contributed by atoms with Gasteiger partial charge in [0.05, 0.1) is 0 Å². The lowest BCUT2D eigenvalue weighted by Gasteiger charge is -2.09. The highest BCUT2D eigenvalue weighted by molar-refractivity contribution is 9.10. The standard InChI is InChI=1S/C16H13BrF2O2/c1-9-3-4-12(10(2)5-9)14(20)8-21-15-7-11(17)6-13(18)16(15)19/h3-7H,8H2,1-2H3. The van der Waals surface area contributed by atoms with E-state index in [1.165, 1.54) is 6.07 Å². The van der Waals surface area contributed by atoms with Crippen LogP contribution in [-0.2, 0) is 0 Å². The lowest BCUT2D eigenvalue weighted by molar-refractivity contribution is 0.0917. The molecule has 0 atom stereocenters. The van der Waals surface area contributed by atoms with E-state index in [2.05, 4.69) is 15.9 Å². The van der Waals surface area contributed by atoms with E-state index >= 15 is 0 Å². The van der Waals surface area contributed by atoms with Gasteiger partial charge in [-0.15, -0.1) is 0 Å². The normalized spacial score (nSPS) is 10.5. The van der Waals surface area contributed by atoms with Crippen LogP contribution >= 0.6 is 15.9 Å². The van der Waals surface area contributed by atoms with Crippen LogP contribution in [0.15, 0.2) is 34.8 Å².